The zero-order valence-electron chi connectivity index (χ0n) is 13.5. The highest BCUT2D eigenvalue weighted by atomic mass is 19.1. The van der Waals surface area contributed by atoms with E-state index in [0.29, 0.717) is 5.69 Å². The molecule has 2 aromatic heterocycles. The van der Waals surface area contributed by atoms with E-state index in [9.17, 15) is 18.8 Å². The minimum absolute atomic E-state index is 0.0766. The number of nitrogens with zero attached hydrogens (tertiary/aromatic N) is 3. The Bertz CT molecular complexity index is 1080. The van der Waals surface area contributed by atoms with Gasteiger partial charge in [0.2, 0.25) is 0 Å². The standard InChI is InChI=1S/C17H14FN3O4/c1-3-25-16(23)10-8-13-14(19-9-10)21(17(24)20(2)15(13)22)12-6-4-11(18)5-7-12/h4-9H,3H2,1-2H3. The predicted octanol–water partition coefficient (Wildman–Crippen LogP) is 1.40. The van der Waals surface area contributed by atoms with Crippen molar-refractivity contribution in [2.45, 2.75) is 6.92 Å². The fraction of sp³-hybridized carbons (Fsp3) is 0.176. The van der Waals surface area contributed by atoms with Crippen LogP contribution in [0.5, 0.6) is 0 Å². The molecule has 0 spiro atoms. The Kier molecular flexibility index (Phi) is 4.18. The molecule has 0 atom stereocenters. The van der Waals surface area contributed by atoms with Crippen LogP contribution in [0.1, 0.15) is 17.3 Å². The van der Waals surface area contributed by atoms with Gasteiger partial charge in [0.15, 0.2) is 5.65 Å². The zero-order valence-corrected chi connectivity index (χ0v) is 13.5. The number of pyridine rings is 1. The quantitative estimate of drug-likeness (QED) is 0.671. The van der Waals surface area contributed by atoms with Crippen molar-refractivity contribution < 1.29 is 13.9 Å². The number of fused-ring (bicyclic) bond motifs is 1. The van der Waals surface area contributed by atoms with E-state index in [-0.39, 0.29) is 23.2 Å². The smallest absolute Gasteiger partial charge is 0.339 e. The molecule has 8 heteroatoms. The molecule has 3 rings (SSSR count). The summed E-state index contributed by atoms with van der Waals surface area (Å²) in [6, 6.07) is 6.54. The van der Waals surface area contributed by atoms with Gasteiger partial charge in [0, 0.05) is 13.2 Å². The van der Waals surface area contributed by atoms with Crippen molar-refractivity contribution in [3.05, 3.63) is 68.7 Å². The molecule has 0 saturated heterocycles. The van der Waals surface area contributed by atoms with Crippen LogP contribution in [0.25, 0.3) is 16.7 Å². The third kappa shape index (κ3) is 2.82. The normalized spacial score (nSPS) is 10.8. The van der Waals surface area contributed by atoms with Gasteiger partial charge >= 0.3 is 11.7 Å². The lowest BCUT2D eigenvalue weighted by Crippen LogP contribution is -2.38. The minimum atomic E-state index is -0.625. The van der Waals surface area contributed by atoms with Crippen molar-refractivity contribution in [1.29, 1.82) is 0 Å². The first-order valence-electron chi connectivity index (χ1n) is 7.49. The van der Waals surface area contributed by atoms with Crippen LogP contribution in [0, 0.1) is 5.82 Å². The lowest BCUT2D eigenvalue weighted by atomic mass is 10.2. The van der Waals surface area contributed by atoms with Crippen LogP contribution in [0.15, 0.2) is 46.1 Å². The number of aromatic nitrogens is 3. The molecule has 0 unspecified atom stereocenters. The number of hydrogen-bond acceptors (Lipinski definition) is 5. The molecular formula is C17H14FN3O4. The fourth-order valence-electron chi connectivity index (χ4n) is 2.45. The molecule has 3 aromatic rings. The number of halogens is 1. The number of rotatable bonds is 3. The summed E-state index contributed by atoms with van der Waals surface area (Å²) < 4.78 is 20.2. The number of hydrogen-bond donors (Lipinski definition) is 0. The summed E-state index contributed by atoms with van der Waals surface area (Å²) in [7, 11) is 1.32. The average Bonchev–Trinajstić information content (AvgIpc) is 2.61. The van der Waals surface area contributed by atoms with Crippen molar-refractivity contribution in [2.75, 3.05) is 6.61 Å². The number of carbonyl (C=O) groups is 1. The van der Waals surface area contributed by atoms with Crippen LogP contribution in [-0.4, -0.2) is 26.7 Å². The highest BCUT2D eigenvalue weighted by Crippen LogP contribution is 2.14. The predicted molar refractivity (Wildman–Crippen MR) is 88.5 cm³/mol. The molecular weight excluding hydrogens is 329 g/mol. The van der Waals surface area contributed by atoms with Crippen molar-refractivity contribution in [3.63, 3.8) is 0 Å². The average molecular weight is 343 g/mol. The lowest BCUT2D eigenvalue weighted by molar-refractivity contribution is 0.0526. The zero-order chi connectivity index (χ0) is 18.1. The minimum Gasteiger partial charge on any atom is -0.462 e. The Labute approximate surface area is 140 Å². The SMILES string of the molecule is CCOC(=O)c1cnc2c(c1)c(=O)n(C)c(=O)n2-c1ccc(F)cc1. The second-order valence-corrected chi connectivity index (χ2v) is 5.27. The van der Waals surface area contributed by atoms with Gasteiger partial charge in [-0.05, 0) is 37.3 Å². The molecule has 7 nitrogen and oxygen atoms in total. The third-order valence-electron chi connectivity index (χ3n) is 3.69. The van der Waals surface area contributed by atoms with Crippen LogP contribution < -0.4 is 11.2 Å². The van der Waals surface area contributed by atoms with Gasteiger partial charge in [-0.15, -0.1) is 0 Å². The van der Waals surface area contributed by atoms with Crippen LogP contribution >= 0.6 is 0 Å². The Morgan fingerprint density at radius 1 is 1.24 bits per heavy atom. The van der Waals surface area contributed by atoms with E-state index >= 15 is 0 Å². The van der Waals surface area contributed by atoms with Crippen molar-refractivity contribution >= 4 is 17.0 Å². The fourth-order valence-corrected chi connectivity index (χ4v) is 2.45. The number of carbonyl (C=O) groups excluding carboxylic acids is 1. The lowest BCUT2D eigenvalue weighted by Gasteiger charge is -2.12. The van der Waals surface area contributed by atoms with E-state index in [1.165, 1.54) is 48.1 Å². The van der Waals surface area contributed by atoms with E-state index in [2.05, 4.69) is 4.98 Å². The van der Waals surface area contributed by atoms with E-state index in [1.54, 1.807) is 6.92 Å². The van der Waals surface area contributed by atoms with Crippen molar-refractivity contribution in [1.82, 2.24) is 14.1 Å². The van der Waals surface area contributed by atoms with Crippen molar-refractivity contribution in [3.8, 4) is 5.69 Å². The van der Waals surface area contributed by atoms with Crippen LogP contribution in [0.3, 0.4) is 0 Å². The molecule has 0 amide bonds. The first kappa shape index (κ1) is 16.6. The van der Waals surface area contributed by atoms with E-state index < -0.39 is 23.0 Å². The van der Waals surface area contributed by atoms with Gasteiger partial charge in [0.25, 0.3) is 5.56 Å². The Morgan fingerprint density at radius 2 is 1.92 bits per heavy atom. The topological polar surface area (TPSA) is 83.2 Å². The molecule has 25 heavy (non-hydrogen) atoms. The van der Waals surface area contributed by atoms with Crippen molar-refractivity contribution in [2.24, 2.45) is 7.05 Å². The molecule has 0 aliphatic carbocycles. The summed E-state index contributed by atoms with van der Waals surface area (Å²) >= 11 is 0. The second kappa shape index (κ2) is 6.31. The maximum Gasteiger partial charge on any atom is 0.339 e. The van der Waals surface area contributed by atoms with Gasteiger partial charge in [-0.3, -0.25) is 9.36 Å². The van der Waals surface area contributed by atoms with Gasteiger partial charge < -0.3 is 4.74 Å². The van der Waals surface area contributed by atoms with Crippen LogP contribution in [0.4, 0.5) is 4.39 Å². The maximum atomic E-state index is 13.2. The summed E-state index contributed by atoms with van der Waals surface area (Å²) in [6.45, 7) is 1.85. The summed E-state index contributed by atoms with van der Waals surface area (Å²) in [6.07, 6.45) is 1.24. The summed E-state index contributed by atoms with van der Waals surface area (Å²) in [4.78, 5) is 40.9. The molecule has 0 N–H and O–H groups in total. The summed E-state index contributed by atoms with van der Waals surface area (Å²) in [5.74, 6) is -1.07. The molecule has 0 fully saturated rings. The molecule has 0 bridgehead atoms. The maximum absolute atomic E-state index is 13.2. The third-order valence-corrected chi connectivity index (χ3v) is 3.69. The Balaban J connectivity index is 2.34. The Morgan fingerprint density at radius 3 is 2.56 bits per heavy atom. The first-order valence-corrected chi connectivity index (χ1v) is 7.49. The number of esters is 1. The van der Waals surface area contributed by atoms with E-state index in [4.69, 9.17) is 4.74 Å². The molecule has 0 aliphatic heterocycles. The molecule has 1 aromatic carbocycles. The molecule has 0 saturated carbocycles. The molecule has 2 heterocycles. The number of ether oxygens (including phenoxy) is 1. The van der Waals surface area contributed by atoms with Gasteiger partial charge in [-0.1, -0.05) is 0 Å². The van der Waals surface area contributed by atoms with Gasteiger partial charge in [-0.25, -0.2) is 23.5 Å². The second-order valence-electron chi connectivity index (χ2n) is 5.27. The van der Waals surface area contributed by atoms with E-state index in [1.807, 2.05) is 0 Å². The molecule has 128 valence electrons. The largest absolute Gasteiger partial charge is 0.462 e. The Hall–Kier alpha value is -3.29. The van der Waals surface area contributed by atoms with Crippen LogP contribution in [0.2, 0.25) is 0 Å². The molecule has 0 aliphatic rings. The highest BCUT2D eigenvalue weighted by molar-refractivity contribution is 5.93. The van der Waals surface area contributed by atoms with E-state index in [0.717, 1.165) is 4.57 Å². The van der Waals surface area contributed by atoms with Gasteiger partial charge in [0.1, 0.15) is 5.82 Å². The highest BCUT2D eigenvalue weighted by Gasteiger charge is 2.16. The summed E-state index contributed by atoms with van der Waals surface area (Å²) in [5.41, 5.74) is -0.676. The monoisotopic (exact) mass is 343 g/mol. The number of benzene rings is 1. The van der Waals surface area contributed by atoms with Gasteiger partial charge in [-0.2, -0.15) is 0 Å². The summed E-state index contributed by atoms with van der Waals surface area (Å²) in [5, 5.41) is 0.0805. The first-order chi connectivity index (χ1) is 11.9. The van der Waals surface area contributed by atoms with Gasteiger partial charge in [0.05, 0.1) is 23.2 Å². The molecule has 0 radical (unpaired) electrons. The van der Waals surface area contributed by atoms with Crippen LogP contribution in [-0.2, 0) is 11.8 Å².